The number of aromatic carboxylic acids is 1. The van der Waals surface area contributed by atoms with Crippen LogP contribution in [0.15, 0.2) is 5.03 Å². The van der Waals surface area contributed by atoms with Gasteiger partial charge in [-0.1, -0.05) is 0 Å². The fourth-order valence-electron chi connectivity index (χ4n) is 1.60. The second-order valence-electron chi connectivity index (χ2n) is 4.22. The second-order valence-corrected chi connectivity index (χ2v) is 6.18. The summed E-state index contributed by atoms with van der Waals surface area (Å²) in [7, 11) is -2.86. The van der Waals surface area contributed by atoms with Gasteiger partial charge in [-0.3, -0.25) is 9.89 Å². The van der Waals surface area contributed by atoms with Crippen LogP contribution < -0.4 is 0 Å². The molecule has 0 spiro atoms. The molecule has 2 N–H and O–H groups in total. The molecule has 0 aromatic carbocycles. The number of aromatic nitrogens is 2. The third-order valence-electron chi connectivity index (χ3n) is 2.72. The van der Waals surface area contributed by atoms with Crippen LogP contribution in [0.3, 0.4) is 0 Å². The van der Waals surface area contributed by atoms with Crippen molar-refractivity contribution in [1.29, 1.82) is 0 Å². The number of sulfonamides is 1. The molecule has 0 aliphatic heterocycles. The third-order valence-corrected chi connectivity index (χ3v) is 4.51. The number of aromatic amines is 1. The van der Waals surface area contributed by atoms with Crippen molar-refractivity contribution in [3.05, 3.63) is 11.3 Å². The first-order valence-electron chi connectivity index (χ1n) is 6.12. The van der Waals surface area contributed by atoms with E-state index >= 15 is 0 Å². The number of rotatable bonds is 7. The van der Waals surface area contributed by atoms with E-state index in [-0.39, 0.29) is 25.3 Å². The van der Waals surface area contributed by atoms with Crippen LogP contribution in [-0.2, 0) is 19.6 Å². The lowest BCUT2D eigenvalue weighted by Gasteiger charge is -2.15. The van der Waals surface area contributed by atoms with E-state index in [2.05, 4.69) is 10.2 Å². The average Bonchev–Trinajstić information content (AvgIpc) is 2.78. The lowest BCUT2D eigenvalue weighted by atomic mass is 10.3. The van der Waals surface area contributed by atoms with Crippen LogP contribution in [0.4, 0.5) is 0 Å². The predicted octanol–water partition coefficient (Wildman–Crippen LogP) is -0.00998. The molecule has 1 aromatic rings. The number of ether oxygens (including phenoxy) is 1. The topological polar surface area (TPSA) is 130 Å². The van der Waals surface area contributed by atoms with E-state index in [1.807, 2.05) is 0 Å². The standard InChI is InChI=1S/C11H17N3O6S/c1-4-20-8(15)5-6-14(3)21(18,19)10-9(11(16)17)7(2)12-13-10/h4-6H2,1-3H3,(H,12,13)(H,16,17). The van der Waals surface area contributed by atoms with Gasteiger partial charge >= 0.3 is 11.9 Å². The maximum Gasteiger partial charge on any atom is 0.340 e. The summed E-state index contributed by atoms with van der Waals surface area (Å²) in [5.41, 5.74) is -0.266. The fraction of sp³-hybridized carbons (Fsp3) is 0.545. The monoisotopic (exact) mass is 319 g/mol. The Hall–Kier alpha value is -1.94. The van der Waals surface area contributed by atoms with Gasteiger partial charge in [-0.05, 0) is 13.8 Å². The van der Waals surface area contributed by atoms with Gasteiger partial charge in [-0.25, -0.2) is 13.2 Å². The first kappa shape index (κ1) is 17.1. The summed E-state index contributed by atoms with van der Waals surface area (Å²) in [5.74, 6) is -1.92. The van der Waals surface area contributed by atoms with E-state index in [0.29, 0.717) is 0 Å². The summed E-state index contributed by atoms with van der Waals surface area (Å²) in [6, 6.07) is 0. The van der Waals surface area contributed by atoms with Gasteiger partial charge in [0.2, 0.25) is 5.03 Å². The molecule has 0 saturated carbocycles. The normalized spacial score (nSPS) is 11.6. The number of H-pyrrole nitrogens is 1. The molecule has 0 aliphatic rings. The number of carbonyl (C=O) groups excluding carboxylic acids is 1. The molecule has 0 atom stereocenters. The smallest absolute Gasteiger partial charge is 0.340 e. The summed E-state index contributed by atoms with van der Waals surface area (Å²) in [5, 5.41) is 14.4. The van der Waals surface area contributed by atoms with E-state index in [0.717, 1.165) is 4.31 Å². The van der Waals surface area contributed by atoms with E-state index in [4.69, 9.17) is 9.84 Å². The molecule has 118 valence electrons. The summed E-state index contributed by atoms with van der Waals surface area (Å²) < 4.78 is 30.1. The van der Waals surface area contributed by atoms with Crippen molar-refractivity contribution in [2.24, 2.45) is 0 Å². The van der Waals surface area contributed by atoms with Crippen LogP contribution in [0.25, 0.3) is 0 Å². The van der Waals surface area contributed by atoms with E-state index in [9.17, 15) is 18.0 Å². The fourth-order valence-corrected chi connectivity index (χ4v) is 2.88. The minimum absolute atomic E-state index is 0.130. The van der Waals surface area contributed by atoms with Gasteiger partial charge in [0, 0.05) is 19.3 Å². The van der Waals surface area contributed by atoms with Gasteiger partial charge in [-0.2, -0.15) is 9.40 Å². The van der Waals surface area contributed by atoms with Gasteiger partial charge in [0.15, 0.2) is 0 Å². The molecule has 1 rings (SSSR count). The van der Waals surface area contributed by atoms with Crippen molar-refractivity contribution >= 4 is 22.0 Å². The highest BCUT2D eigenvalue weighted by Crippen LogP contribution is 2.19. The molecule has 21 heavy (non-hydrogen) atoms. The third kappa shape index (κ3) is 3.79. The zero-order chi connectivity index (χ0) is 16.2. The molecule has 1 heterocycles. The van der Waals surface area contributed by atoms with Gasteiger partial charge in [0.05, 0.1) is 13.0 Å². The number of nitrogens with one attached hydrogen (secondary N) is 1. The Bertz CT molecular complexity index is 636. The average molecular weight is 319 g/mol. The number of carboxylic acids is 1. The molecule has 10 heteroatoms. The first-order chi connectivity index (χ1) is 9.71. The molecular weight excluding hydrogens is 302 g/mol. The number of carboxylic acid groups (broad SMARTS) is 1. The Kier molecular flexibility index (Phi) is 5.44. The van der Waals surface area contributed by atoms with Crippen molar-refractivity contribution in [2.45, 2.75) is 25.3 Å². The number of aryl methyl sites for hydroxylation is 1. The van der Waals surface area contributed by atoms with Crippen LogP contribution in [0.1, 0.15) is 29.4 Å². The van der Waals surface area contributed by atoms with E-state index in [1.54, 1.807) is 6.92 Å². The van der Waals surface area contributed by atoms with Crippen LogP contribution in [0.5, 0.6) is 0 Å². The van der Waals surface area contributed by atoms with Crippen molar-refractivity contribution in [3.8, 4) is 0 Å². The van der Waals surface area contributed by atoms with E-state index < -0.39 is 32.6 Å². The Morgan fingerprint density at radius 1 is 1.43 bits per heavy atom. The summed E-state index contributed by atoms with van der Waals surface area (Å²) in [6.45, 7) is 3.13. The van der Waals surface area contributed by atoms with Gasteiger partial charge < -0.3 is 9.84 Å². The Balaban J connectivity index is 2.96. The zero-order valence-corrected chi connectivity index (χ0v) is 12.7. The highest BCUT2D eigenvalue weighted by atomic mass is 32.2. The van der Waals surface area contributed by atoms with Crippen LogP contribution in [0, 0.1) is 6.92 Å². The summed E-state index contributed by atoms with van der Waals surface area (Å²) in [6.07, 6.45) is -0.130. The van der Waals surface area contributed by atoms with Gasteiger partial charge in [0.1, 0.15) is 5.56 Å². The van der Waals surface area contributed by atoms with Crippen molar-refractivity contribution in [2.75, 3.05) is 20.2 Å². The highest BCUT2D eigenvalue weighted by molar-refractivity contribution is 7.89. The number of carbonyl (C=O) groups is 2. The Morgan fingerprint density at radius 3 is 2.57 bits per heavy atom. The number of nitrogens with zero attached hydrogens (tertiary/aromatic N) is 2. The zero-order valence-electron chi connectivity index (χ0n) is 11.9. The second kappa shape index (κ2) is 6.68. The molecular formula is C11H17N3O6S. The molecule has 0 saturated heterocycles. The lowest BCUT2D eigenvalue weighted by molar-refractivity contribution is -0.143. The van der Waals surface area contributed by atoms with Crippen LogP contribution in [-0.4, -0.2) is 60.2 Å². The summed E-state index contributed by atoms with van der Waals surface area (Å²) >= 11 is 0. The Morgan fingerprint density at radius 2 is 2.05 bits per heavy atom. The predicted molar refractivity (Wildman–Crippen MR) is 71.3 cm³/mol. The van der Waals surface area contributed by atoms with Crippen LogP contribution >= 0.6 is 0 Å². The first-order valence-corrected chi connectivity index (χ1v) is 7.56. The van der Waals surface area contributed by atoms with Gasteiger partial charge in [0.25, 0.3) is 10.0 Å². The minimum atomic E-state index is -4.10. The van der Waals surface area contributed by atoms with E-state index in [1.165, 1.54) is 14.0 Å². The highest BCUT2D eigenvalue weighted by Gasteiger charge is 2.31. The molecule has 0 bridgehead atoms. The van der Waals surface area contributed by atoms with Crippen LogP contribution in [0.2, 0.25) is 0 Å². The largest absolute Gasteiger partial charge is 0.478 e. The molecule has 9 nitrogen and oxygen atoms in total. The molecule has 0 unspecified atom stereocenters. The maximum absolute atomic E-state index is 12.3. The molecule has 1 aromatic heterocycles. The summed E-state index contributed by atoms with van der Waals surface area (Å²) in [4.78, 5) is 22.3. The maximum atomic E-state index is 12.3. The van der Waals surface area contributed by atoms with Crippen molar-refractivity contribution < 1.29 is 27.9 Å². The molecule has 0 aliphatic carbocycles. The number of esters is 1. The van der Waals surface area contributed by atoms with Gasteiger partial charge in [-0.15, -0.1) is 0 Å². The number of hydrogen-bond donors (Lipinski definition) is 2. The SMILES string of the molecule is CCOC(=O)CCN(C)S(=O)(=O)c1n[nH]c(C)c1C(=O)O. The van der Waals surface area contributed by atoms with Crippen molar-refractivity contribution in [1.82, 2.24) is 14.5 Å². The van der Waals surface area contributed by atoms with Crippen molar-refractivity contribution in [3.63, 3.8) is 0 Å². The quantitative estimate of drug-likeness (QED) is 0.676. The molecule has 0 fully saturated rings. The molecule has 0 amide bonds. The number of hydrogen-bond acceptors (Lipinski definition) is 6. The molecule has 0 radical (unpaired) electrons. The Labute approximate surface area is 121 Å². The lowest BCUT2D eigenvalue weighted by Crippen LogP contribution is -2.31. The minimum Gasteiger partial charge on any atom is -0.478 e.